The van der Waals surface area contributed by atoms with Gasteiger partial charge in [-0.1, -0.05) is 44.9 Å². The molecule has 0 aromatic carbocycles. The molecule has 4 rings (SSSR count). The highest BCUT2D eigenvalue weighted by molar-refractivity contribution is 5.35. The first-order valence-electron chi connectivity index (χ1n) is 9.65. The molecule has 3 fully saturated rings. The lowest BCUT2D eigenvalue weighted by Crippen LogP contribution is -2.55. The third kappa shape index (κ3) is 1.83. The van der Waals surface area contributed by atoms with Gasteiger partial charge < -0.3 is 5.32 Å². The van der Waals surface area contributed by atoms with E-state index >= 15 is 0 Å². The zero-order chi connectivity index (χ0) is 15.5. The zero-order valence-corrected chi connectivity index (χ0v) is 14.8. The van der Waals surface area contributed by atoms with E-state index in [4.69, 9.17) is 0 Å². The second-order valence-electron chi connectivity index (χ2n) is 9.00. The molecule has 0 amide bonds. The molecule has 0 radical (unpaired) electrons. The van der Waals surface area contributed by atoms with Crippen LogP contribution in [0.25, 0.3) is 0 Å². The molecule has 1 N–H and O–H groups in total. The Labute approximate surface area is 136 Å². The van der Waals surface area contributed by atoms with E-state index in [0.717, 1.165) is 11.8 Å². The molecule has 1 heterocycles. The monoisotopic (exact) mass is 299 g/mol. The van der Waals surface area contributed by atoms with Crippen LogP contribution in [-0.2, 0) is 0 Å². The van der Waals surface area contributed by atoms with Gasteiger partial charge >= 0.3 is 0 Å². The van der Waals surface area contributed by atoms with Gasteiger partial charge in [0.25, 0.3) is 0 Å². The highest BCUT2D eigenvalue weighted by atomic mass is 15.0. The van der Waals surface area contributed by atoms with Crippen LogP contribution in [0.2, 0.25) is 0 Å². The Kier molecular flexibility index (Phi) is 3.30. The van der Waals surface area contributed by atoms with E-state index in [-0.39, 0.29) is 0 Å². The van der Waals surface area contributed by atoms with Gasteiger partial charge in [0.15, 0.2) is 0 Å². The van der Waals surface area contributed by atoms with Gasteiger partial charge in [0.1, 0.15) is 0 Å². The lowest BCUT2D eigenvalue weighted by molar-refractivity contribution is 0.0523. The molecule has 0 spiro atoms. The first-order chi connectivity index (χ1) is 10.5. The lowest BCUT2D eigenvalue weighted by Gasteiger charge is -2.56. The summed E-state index contributed by atoms with van der Waals surface area (Å²) in [5.74, 6) is 1.80. The van der Waals surface area contributed by atoms with Crippen molar-refractivity contribution in [1.82, 2.24) is 5.32 Å². The average Bonchev–Trinajstić information content (AvgIpc) is 2.84. The SMILES string of the molecule is C=C1CC[C@@]2(C)C(CCC3=C4CC[C@H](CC)[C@@]4(C)CCC32)N1. The van der Waals surface area contributed by atoms with Crippen LogP contribution in [0.4, 0.5) is 0 Å². The highest BCUT2D eigenvalue weighted by Crippen LogP contribution is 2.63. The van der Waals surface area contributed by atoms with Gasteiger partial charge in [0.2, 0.25) is 0 Å². The summed E-state index contributed by atoms with van der Waals surface area (Å²) in [6.45, 7) is 11.8. The number of allylic oxidation sites excluding steroid dienone is 3. The molecule has 22 heavy (non-hydrogen) atoms. The van der Waals surface area contributed by atoms with Crippen molar-refractivity contribution >= 4 is 0 Å². The van der Waals surface area contributed by atoms with Crippen molar-refractivity contribution in [2.75, 3.05) is 0 Å². The van der Waals surface area contributed by atoms with Gasteiger partial charge in [0, 0.05) is 11.7 Å². The van der Waals surface area contributed by atoms with E-state index in [9.17, 15) is 0 Å². The van der Waals surface area contributed by atoms with E-state index in [1.807, 2.05) is 11.1 Å². The van der Waals surface area contributed by atoms with Gasteiger partial charge in [-0.2, -0.15) is 0 Å². The molecule has 0 aromatic heterocycles. The minimum atomic E-state index is 0.480. The molecular weight excluding hydrogens is 266 g/mol. The Hall–Kier alpha value is -0.720. The first-order valence-corrected chi connectivity index (χ1v) is 9.65. The van der Waals surface area contributed by atoms with Gasteiger partial charge in [0.05, 0.1) is 0 Å². The normalized spacial score (nSPS) is 47.6. The van der Waals surface area contributed by atoms with Gasteiger partial charge in [-0.25, -0.2) is 0 Å². The van der Waals surface area contributed by atoms with Crippen LogP contribution in [0, 0.1) is 22.7 Å². The van der Waals surface area contributed by atoms with Crippen molar-refractivity contribution in [3.8, 4) is 0 Å². The summed E-state index contributed by atoms with van der Waals surface area (Å²) in [5.41, 5.74) is 6.15. The van der Waals surface area contributed by atoms with E-state index in [1.54, 1.807) is 0 Å². The number of rotatable bonds is 1. The maximum atomic E-state index is 4.20. The maximum Gasteiger partial charge on any atom is 0.0320 e. The second-order valence-corrected chi connectivity index (χ2v) is 9.00. The summed E-state index contributed by atoms with van der Waals surface area (Å²) in [7, 11) is 0. The number of fused-ring (bicyclic) bond motifs is 4. The first kappa shape index (κ1) is 14.8. The van der Waals surface area contributed by atoms with E-state index in [2.05, 4.69) is 32.7 Å². The summed E-state index contributed by atoms with van der Waals surface area (Å²) >= 11 is 0. The van der Waals surface area contributed by atoms with Gasteiger partial charge in [-0.05, 0) is 74.0 Å². The molecule has 1 heteroatoms. The minimum Gasteiger partial charge on any atom is -0.386 e. The molecule has 1 nitrogen and oxygen atoms in total. The quantitative estimate of drug-likeness (QED) is 0.623. The summed E-state index contributed by atoms with van der Waals surface area (Å²) < 4.78 is 0. The smallest absolute Gasteiger partial charge is 0.0320 e. The molecular formula is C21H33N. The van der Waals surface area contributed by atoms with Gasteiger partial charge in [-0.3, -0.25) is 0 Å². The number of nitrogens with one attached hydrogen (secondary N) is 1. The zero-order valence-electron chi connectivity index (χ0n) is 14.8. The van der Waals surface area contributed by atoms with E-state index < -0.39 is 0 Å². The fraction of sp³-hybridized carbons (Fsp3) is 0.810. The van der Waals surface area contributed by atoms with Crippen LogP contribution in [0.15, 0.2) is 23.4 Å². The Balaban J connectivity index is 1.72. The number of piperidine rings is 1. The van der Waals surface area contributed by atoms with Crippen LogP contribution in [0.1, 0.15) is 78.6 Å². The van der Waals surface area contributed by atoms with E-state index in [0.29, 0.717) is 16.9 Å². The third-order valence-corrected chi connectivity index (χ3v) is 8.22. The molecule has 1 saturated heterocycles. The third-order valence-electron chi connectivity index (χ3n) is 8.22. The molecule has 0 aromatic rings. The minimum absolute atomic E-state index is 0.480. The van der Waals surface area contributed by atoms with Crippen molar-refractivity contribution < 1.29 is 0 Å². The van der Waals surface area contributed by atoms with Crippen LogP contribution in [0.3, 0.4) is 0 Å². The highest BCUT2D eigenvalue weighted by Gasteiger charge is 2.54. The maximum absolute atomic E-state index is 4.20. The van der Waals surface area contributed by atoms with Gasteiger partial charge in [-0.15, -0.1) is 0 Å². The second kappa shape index (κ2) is 4.89. The largest absolute Gasteiger partial charge is 0.386 e. The van der Waals surface area contributed by atoms with Crippen molar-refractivity contribution in [3.63, 3.8) is 0 Å². The van der Waals surface area contributed by atoms with Crippen LogP contribution in [0.5, 0.6) is 0 Å². The number of hydrogen-bond donors (Lipinski definition) is 1. The summed E-state index contributed by atoms with van der Waals surface area (Å²) in [5, 5.41) is 3.76. The van der Waals surface area contributed by atoms with Crippen LogP contribution in [-0.4, -0.2) is 6.04 Å². The predicted octanol–water partition coefficient (Wildman–Crippen LogP) is 5.59. The molecule has 3 aliphatic carbocycles. The summed E-state index contributed by atoms with van der Waals surface area (Å²) in [6.07, 6.45) is 12.3. The standard InChI is InChI=1S/C21H33N/c1-5-15-6-8-17-16-7-9-19-21(4,12-10-14(2)22-19)18(16)11-13-20(15,17)3/h15,18-19,22H,2,5-13H2,1,3-4H3/t15-,18?,19?,20+,21+/m0/s1. The molecule has 4 aliphatic rings. The van der Waals surface area contributed by atoms with E-state index in [1.165, 1.54) is 63.5 Å². The van der Waals surface area contributed by atoms with Crippen molar-refractivity contribution in [2.24, 2.45) is 22.7 Å². The van der Waals surface area contributed by atoms with Crippen molar-refractivity contribution in [1.29, 1.82) is 0 Å². The summed E-state index contributed by atoms with van der Waals surface area (Å²) in [4.78, 5) is 0. The van der Waals surface area contributed by atoms with Crippen molar-refractivity contribution in [3.05, 3.63) is 23.4 Å². The lowest BCUT2D eigenvalue weighted by atomic mass is 9.52. The molecule has 5 atom stereocenters. The Morgan fingerprint density at radius 1 is 1.09 bits per heavy atom. The Morgan fingerprint density at radius 3 is 2.68 bits per heavy atom. The number of hydrogen-bond acceptors (Lipinski definition) is 1. The molecule has 2 unspecified atom stereocenters. The fourth-order valence-electron chi connectivity index (χ4n) is 6.78. The topological polar surface area (TPSA) is 12.0 Å². The summed E-state index contributed by atoms with van der Waals surface area (Å²) in [6, 6.07) is 0.677. The Bertz CT molecular complexity index is 530. The van der Waals surface area contributed by atoms with Crippen molar-refractivity contribution in [2.45, 2.75) is 84.6 Å². The fourth-order valence-corrected chi connectivity index (χ4v) is 6.78. The molecule has 2 saturated carbocycles. The Morgan fingerprint density at radius 2 is 1.91 bits per heavy atom. The van der Waals surface area contributed by atoms with Crippen LogP contribution < -0.4 is 5.32 Å². The molecule has 1 aliphatic heterocycles. The predicted molar refractivity (Wildman–Crippen MR) is 93.5 cm³/mol. The molecule has 0 bridgehead atoms. The average molecular weight is 300 g/mol. The van der Waals surface area contributed by atoms with Crippen LogP contribution >= 0.6 is 0 Å². The molecule has 122 valence electrons.